The maximum atomic E-state index is 2.68. The first-order valence-corrected chi connectivity index (χ1v) is 5.74. The van der Waals surface area contributed by atoms with E-state index in [0.717, 1.165) is 12.0 Å². The molecule has 1 saturated carbocycles. The van der Waals surface area contributed by atoms with Crippen molar-refractivity contribution in [2.24, 2.45) is 5.92 Å². The van der Waals surface area contributed by atoms with Gasteiger partial charge in [0.1, 0.15) is 0 Å². The van der Waals surface area contributed by atoms with E-state index in [4.69, 9.17) is 0 Å². The average molecular weight is 251 g/mol. The number of fused-ring (bicyclic) bond motifs is 1. The normalized spacial score (nSPS) is 39.3. The Morgan fingerprint density at radius 2 is 2.40 bits per heavy atom. The van der Waals surface area contributed by atoms with Gasteiger partial charge in [-0.3, -0.25) is 4.90 Å². The number of rotatable bonds is 2. The minimum Gasteiger partial charge on any atom is -0.299 e. The number of halogens is 1. The Bertz CT molecular complexity index is 124. The third kappa shape index (κ3) is 1.33. The van der Waals surface area contributed by atoms with E-state index in [1.807, 2.05) is 0 Å². The van der Waals surface area contributed by atoms with Crippen molar-refractivity contribution < 1.29 is 0 Å². The lowest BCUT2D eigenvalue weighted by Gasteiger charge is -2.25. The molecule has 0 aromatic rings. The van der Waals surface area contributed by atoms with Gasteiger partial charge in [0.2, 0.25) is 0 Å². The highest BCUT2D eigenvalue weighted by molar-refractivity contribution is 14.1. The van der Waals surface area contributed by atoms with Crippen LogP contribution in [0.2, 0.25) is 0 Å². The predicted molar refractivity (Wildman–Crippen MR) is 51.6 cm³/mol. The van der Waals surface area contributed by atoms with Crippen LogP contribution in [0, 0.1) is 5.92 Å². The van der Waals surface area contributed by atoms with E-state index in [9.17, 15) is 0 Å². The fraction of sp³-hybridized carbons (Fsp3) is 1.00. The van der Waals surface area contributed by atoms with Crippen LogP contribution in [0.3, 0.4) is 0 Å². The summed E-state index contributed by atoms with van der Waals surface area (Å²) in [5.74, 6) is 1.11. The topological polar surface area (TPSA) is 3.24 Å². The molecular weight excluding hydrogens is 237 g/mol. The van der Waals surface area contributed by atoms with Gasteiger partial charge < -0.3 is 0 Å². The SMILES string of the molecule is ICCN1CCC[C@@H]2C[C@@H]21. The molecule has 0 unspecified atom stereocenters. The van der Waals surface area contributed by atoms with Gasteiger partial charge in [0.15, 0.2) is 0 Å². The third-order valence-electron chi connectivity index (χ3n) is 2.75. The summed E-state index contributed by atoms with van der Waals surface area (Å²) in [4.78, 5) is 2.68. The second-order valence-electron chi connectivity index (χ2n) is 3.43. The van der Waals surface area contributed by atoms with Gasteiger partial charge >= 0.3 is 0 Å². The summed E-state index contributed by atoms with van der Waals surface area (Å²) in [6.07, 6.45) is 4.48. The third-order valence-corrected chi connectivity index (χ3v) is 3.23. The molecule has 10 heavy (non-hydrogen) atoms. The number of likely N-dealkylation sites (tertiary alicyclic amines) is 1. The van der Waals surface area contributed by atoms with E-state index in [-0.39, 0.29) is 0 Å². The van der Waals surface area contributed by atoms with Crippen LogP contribution in [0.5, 0.6) is 0 Å². The molecule has 1 aliphatic carbocycles. The zero-order valence-corrected chi connectivity index (χ0v) is 8.38. The molecule has 1 aliphatic heterocycles. The van der Waals surface area contributed by atoms with Crippen molar-refractivity contribution in [3.05, 3.63) is 0 Å². The maximum absolute atomic E-state index is 2.68. The molecule has 58 valence electrons. The first-order chi connectivity index (χ1) is 4.92. The Kier molecular flexibility index (Phi) is 2.18. The Morgan fingerprint density at radius 1 is 1.50 bits per heavy atom. The minimum atomic E-state index is 1.02. The van der Waals surface area contributed by atoms with Gasteiger partial charge in [-0.2, -0.15) is 0 Å². The molecule has 2 aliphatic rings. The van der Waals surface area contributed by atoms with Crippen molar-refractivity contribution >= 4 is 22.6 Å². The molecule has 0 bridgehead atoms. The number of hydrogen-bond donors (Lipinski definition) is 0. The van der Waals surface area contributed by atoms with Crippen molar-refractivity contribution in [2.45, 2.75) is 25.3 Å². The first kappa shape index (κ1) is 7.35. The molecule has 2 atom stereocenters. The number of piperidine rings is 1. The van der Waals surface area contributed by atoms with E-state index in [1.54, 1.807) is 0 Å². The molecular formula is C8H14IN. The molecule has 0 aromatic carbocycles. The monoisotopic (exact) mass is 251 g/mol. The quantitative estimate of drug-likeness (QED) is 0.535. The second kappa shape index (κ2) is 2.97. The van der Waals surface area contributed by atoms with Crippen LogP contribution < -0.4 is 0 Å². The van der Waals surface area contributed by atoms with Crippen LogP contribution in [0.1, 0.15) is 19.3 Å². The van der Waals surface area contributed by atoms with Crippen LogP contribution in [0.25, 0.3) is 0 Å². The molecule has 2 fully saturated rings. The van der Waals surface area contributed by atoms with E-state index < -0.39 is 0 Å². The van der Waals surface area contributed by atoms with Gasteiger partial charge in [0.25, 0.3) is 0 Å². The summed E-state index contributed by atoms with van der Waals surface area (Å²) in [5, 5.41) is 0. The van der Waals surface area contributed by atoms with E-state index >= 15 is 0 Å². The maximum Gasteiger partial charge on any atom is 0.0128 e. The standard InChI is InChI=1S/C8H14IN/c9-3-5-10-4-1-2-7-6-8(7)10/h7-8H,1-6H2/t7-,8+/m1/s1. The van der Waals surface area contributed by atoms with Gasteiger partial charge in [-0.05, 0) is 31.7 Å². The smallest absolute Gasteiger partial charge is 0.0128 e. The summed E-state index contributed by atoms with van der Waals surface area (Å²) in [7, 11) is 0. The Morgan fingerprint density at radius 3 is 3.20 bits per heavy atom. The van der Waals surface area contributed by atoms with E-state index in [1.165, 1.54) is 36.8 Å². The van der Waals surface area contributed by atoms with Crippen LogP contribution in [0.4, 0.5) is 0 Å². The summed E-state index contributed by atoms with van der Waals surface area (Å²) < 4.78 is 1.31. The minimum absolute atomic E-state index is 1.02. The van der Waals surface area contributed by atoms with Gasteiger partial charge in [0, 0.05) is 17.0 Å². The van der Waals surface area contributed by atoms with E-state index in [2.05, 4.69) is 27.5 Å². The molecule has 2 heteroatoms. The summed E-state index contributed by atoms with van der Waals surface area (Å²) in [6.45, 7) is 2.71. The van der Waals surface area contributed by atoms with Gasteiger partial charge in [-0.25, -0.2) is 0 Å². The van der Waals surface area contributed by atoms with Crippen LogP contribution >= 0.6 is 22.6 Å². The molecule has 1 heterocycles. The molecule has 1 saturated heterocycles. The lowest BCUT2D eigenvalue weighted by atomic mass is 10.1. The second-order valence-corrected chi connectivity index (χ2v) is 4.51. The highest BCUT2D eigenvalue weighted by Crippen LogP contribution is 2.42. The Balaban J connectivity index is 1.84. The molecule has 0 amide bonds. The fourth-order valence-electron chi connectivity index (χ4n) is 2.10. The molecule has 0 radical (unpaired) electrons. The zero-order valence-electron chi connectivity index (χ0n) is 6.22. The van der Waals surface area contributed by atoms with Gasteiger partial charge in [-0.1, -0.05) is 22.6 Å². The van der Waals surface area contributed by atoms with Crippen molar-refractivity contribution in [3.8, 4) is 0 Å². The number of hydrogen-bond acceptors (Lipinski definition) is 1. The van der Waals surface area contributed by atoms with Crippen molar-refractivity contribution in [1.29, 1.82) is 0 Å². The van der Waals surface area contributed by atoms with E-state index in [0.29, 0.717) is 0 Å². The van der Waals surface area contributed by atoms with Crippen molar-refractivity contribution in [1.82, 2.24) is 4.90 Å². The number of nitrogens with zero attached hydrogens (tertiary/aromatic N) is 1. The predicted octanol–water partition coefficient (Wildman–Crippen LogP) is 1.91. The van der Waals surface area contributed by atoms with Crippen molar-refractivity contribution in [2.75, 3.05) is 17.5 Å². The van der Waals surface area contributed by atoms with Gasteiger partial charge in [-0.15, -0.1) is 0 Å². The zero-order chi connectivity index (χ0) is 6.97. The van der Waals surface area contributed by atoms with Gasteiger partial charge in [0.05, 0.1) is 0 Å². The van der Waals surface area contributed by atoms with Crippen LogP contribution in [-0.4, -0.2) is 28.5 Å². The Hall–Kier alpha value is 0.690. The highest BCUT2D eigenvalue weighted by atomic mass is 127. The molecule has 1 nitrogen and oxygen atoms in total. The summed E-state index contributed by atoms with van der Waals surface area (Å²) in [6, 6.07) is 1.02. The lowest BCUT2D eigenvalue weighted by Crippen LogP contribution is -2.33. The molecule has 0 aromatic heterocycles. The summed E-state index contributed by atoms with van der Waals surface area (Å²) >= 11 is 2.48. The number of alkyl halides is 1. The van der Waals surface area contributed by atoms with Crippen LogP contribution in [-0.2, 0) is 0 Å². The fourth-order valence-corrected chi connectivity index (χ4v) is 2.72. The lowest BCUT2D eigenvalue weighted by molar-refractivity contribution is 0.229. The molecule has 0 spiro atoms. The first-order valence-electron chi connectivity index (χ1n) is 4.22. The highest BCUT2D eigenvalue weighted by Gasteiger charge is 2.43. The Labute approximate surface area is 76.3 Å². The molecule has 2 rings (SSSR count). The average Bonchev–Trinajstić information content (AvgIpc) is 2.67. The van der Waals surface area contributed by atoms with Crippen LogP contribution in [0.15, 0.2) is 0 Å². The summed E-state index contributed by atoms with van der Waals surface area (Å²) in [5.41, 5.74) is 0. The van der Waals surface area contributed by atoms with Crippen molar-refractivity contribution in [3.63, 3.8) is 0 Å². The largest absolute Gasteiger partial charge is 0.299 e. The molecule has 0 N–H and O–H groups in total.